The number of thioether (sulfide) groups is 1. The Balaban J connectivity index is 1.84. The molecular weight excluding hydrogens is 433 g/mol. The zero-order chi connectivity index (χ0) is 21.1. The van der Waals surface area contributed by atoms with E-state index < -0.39 is 5.82 Å². The van der Waals surface area contributed by atoms with Crippen molar-refractivity contribution in [3.05, 3.63) is 49.8 Å². The molecule has 154 valence electrons. The summed E-state index contributed by atoms with van der Waals surface area (Å²) in [5, 5.41) is 3.98. The summed E-state index contributed by atoms with van der Waals surface area (Å²) in [6.07, 6.45) is 1.79. The fourth-order valence-corrected chi connectivity index (χ4v) is 4.95. The van der Waals surface area contributed by atoms with Gasteiger partial charge in [-0.05, 0) is 44.0 Å². The molecule has 0 aliphatic heterocycles. The molecule has 0 saturated heterocycles. The third kappa shape index (κ3) is 4.82. The zero-order valence-electron chi connectivity index (χ0n) is 16.3. The van der Waals surface area contributed by atoms with Gasteiger partial charge in [0.05, 0.1) is 21.8 Å². The van der Waals surface area contributed by atoms with Gasteiger partial charge in [-0.1, -0.05) is 36.7 Å². The van der Waals surface area contributed by atoms with Gasteiger partial charge in [0.2, 0.25) is 5.91 Å². The molecule has 0 radical (unpaired) electrons. The Morgan fingerprint density at radius 1 is 1.38 bits per heavy atom. The van der Waals surface area contributed by atoms with Gasteiger partial charge in [-0.2, -0.15) is 0 Å². The number of carbonyl (C=O) groups excluding carboxylic acids is 1. The first kappa shape index (κ1) is 21.8. The van der Waals surface area contributed by atoms with Crippen LogP contribution in [-0.4, -0.2) is 21.2 Å². The molecule has 2 aromatic heterocycles. The first-order chi connectivity index (χ1) is 13.8. The topological polar surface area (TPSA) is 64.0 Å². The van der Waals surface area contributed by atoms with Crippen LogP contribution >= 0.6 is 34.7 Å². The molecule has 0 atom stereocenters. The third-order valence-electron chi connectivity index (χ3n) is 4.53. The second kappa shape index (κ2) is 9.28. The molecule has 1 amide bonds. The lowest BCUT2D eigenvalue weighted by molar-refractivity contribution is -0.113. The Kier molecular flexibility index (Phi) is 6.97. The van der Waals surface area contributed by atoms with Crippen molar-refractivity contribution in [3.63, 3.8) is 0 Å². The molecule has 0 saturated carbocycles. The number of nitrogens with zero attached hydrogens (tertiary/aromatic N) is 2. The Morgan fingerprint density at radius 2 is 2.14 bits per heavy atom. The van der Waals surface area contributed by atoms with Gasteiger partial charge in [-0.25, -0.2) is 9.37 Å². The Morgan fingerprint density at radius 3 is 2.83 bits per heavy atom. The van der Waals surface area contributed by atoms with Crippen LogP contribution in [0.2, 0.25) is 5.02 Å². The monoisotopic (exact) mass is 453 g/mol. The molecule has 1 N–H and O–H groups in total. The van der Waals surface area contributed by atoms with Crippen LogP contribution in [0.25, 0.3) is 10.2 Å². The number of hydrogen-bond acceptors (Lipinski definition) is 5. The second-order valence-corrected chi connectivity index (χ2v) is 9.18. The van der Waals surface area contributed by atoms with Gasteiger partial charge in [0.25, 0.3) is 5.56 Å². The Bertz CT molecular complexity index is 1130. The standard InChI is InChI=1S/C20H21ClFN3O2S2/c1-4-5-8-25-19(27)17-11(2)12(3)29-18(17)24-20(25)28-10-16(26)23-15-7-6-13(22)9-14(15)21/h6-7,9H,4-5,8,10H2,1-3H3,(H,23,26). The van der Waals surface area contributed by atoms with Crippen LogP contribution in [0.4, 0.5) is 10.1 Å². The van der Waals surface area contributed by atoms with E-state index in [1.165, 1.54) is 35.2 Å². The van der Waals surface area contributed by atoms with E-state index in [-0.39, 0.29) is 22.2 Å². The van der Waals surface area contributed by atoms with Gasteiger partial charge >= 0.3 is 0 Å². The van der Waals surface area contributed by atoms with Gasteiger partial charge in [0.1, 0.15) is 10.6 Å². The van der Waals surface area contributed by atoms with E-state index in [0.29, 0.717) is 27.6 Å². The molecule has 0 unspecified atom stereocenters. The molecule has 9 heteroatoms. The van der Waals surface area contributed by atoms with Crippen molar-refractivity contribution in [2.24, 2.45) is 0 Å². The number of rotatable bonds is 7. The van der Waals surface area contributed by atoms with Crippen molar-refractivity contribution in [2.45, 2.75) is 45.3 Å². The molecule has 0 fully saturated rings. The minimum atomic E-state index is -0.471. The average molecular weight is 454 g/mol. The highest BCUT2D eigenvalue weighted by Gasteiger charge is 2.17. The molecule has 0 aliphatic carbocycles. The molecule has 1 aromatic carbocycles. The number of fused-ring (bicyclic) bond motifs is 1. The fourth-order valence-electron chi connectivity index (χ4n) is 2.84. The molecule has 29 heavy (non-hydrogen) atoms. The first-order valence-electron chi connectivity index (χ1n) is 9.20. The lowest BCUT2D eigenvalue weighted by Gasteiger charge is -2.12. The summed E-state index contributed by atoms with van der Waals surface area (Å²) in [6, 6.07) is 3.79. The summed E-state index contributed by atoms with van der Waals surface area (Å²) in [7, 11) is 0. The van der Waals surface area contributed by atoms with E-state index in [1.807, 2.05) is 13.8 Å². The molecular formula is C20H21ClFN3O2S2. The maximum atomic E-state index is 13.2. The maximum Gasteiger partial charge on any atom is 0.263 e. The number of thiophene rings is 1. The number of hydrogen-bond donors (Lipinski definition) is 1. The number of anilines is 1. The van der Waals surface area contributed by atoms with Crippen LogP contribution in [0.15, 0.2) is 28.2 Å². The van der Waals surface area contributed by atoms with Gasteiger partial charge in [-0.15, -0.1) is 11.3 Å². The molecule has 3 aromatic rings. The number of halogens is 2. The molecule has 0 spiro atoms. The van der Waals surface area contributed by atoms with E-state index in [2.05, 4.69) is 17.2 Å². The zero-order valence-corrected chi connectivity index (χ0v) is 18.7. The lowest BCUT2D eigenvalue weighted by atomic mass is 10.2. The van der Waals surface area contributed by atoms with Crippen molar-refractivity contribution in [2.75, 3.05) is 11.1 Å². The predicted molar refractivity (Wildman–Crippen MR) is 119 cm³/mol. The summed E-state index contributed by atoms with van der Waals surface area (Å²) in [5.74, 6) is -0.721. The average Bonchev–Trinajstić information content (AvgIpc) is 2.96. The summed E-state index contributed by atoms with van der Waals surface area (Å²) in [5.41, 5.74) is 1.25. The van der Waals surface area contributed by atoms with Crippen LogP contribution in [-0.2, 0) is 11.3 Å². The number of carbonyl (C=O) groups is 1. The van der Waals surface area contributed by atoms with E-state index in [0.717, 1.165) is 29.3 Å². The van der Waals surface area contributed by atoms with Crippen LogP contribution in [0.3, 0.4) is 0 Å². The van der Waals surface area contributed by atoms with Crippen molar-refractivity contribution >= 4 is 56.5 Å². The SMILES string of the molecule is CCCCn1c(SCC(=O)Nc2ccc(F)cc2Cl)nc2sc(C)c(C)c2c1=O. The summed E-state index contributed by atoms with van der Waals surface area (Å²) < 4.78 is 14.8. The number of benzene rings is 1. The second-order valence-electron chi connectivity index (χ2n) is 6.63. The Hall–Kier alpha value is -1.90. The highest BCUT2D eigenvalue weighted by atomic mass is 35.5. The lowest BCUT2D eigenvalue weighted by Crippen LogP contribution is -2.24. The summed E-state index contributed by atoms with van der Waals surface area (Å²) in [4.78, 5) is 31.9. The fraction of sp³-hybridized carbons (Fsp3) is 0.350. The van der Waals surface area contributed by atoms with Gasteiger partial charge in [0.15, 0.2) is 5.16 Å². The van der Waals surface area contributed by atoms with E-state index in [1.54, 1.807) is 4.57 Å². The highest BCUT2D eigenvalue weighted by Crippen LogP contribution is 2.29. The van der Waals surface area contributed by atoms with E-state index in [9.17, 15) is 14.0 Å². The summed E-state index contributed by atoms with van der Waals surface area (Å²) in [6.45, 7) is 6.53. The molecule has 0 bridgehead atoms. The normalized spacial score (nSPS) is 11.2. The molecule has 3 rings (SSSR count). The predicted octanol–water partition coefficient (Wildman–Crippen LogP) is 5.40. The van der Waals surface area contributed by atoms with Crippen LogP contribution in [0, 0.1) is 19.7 Å². The van der Waals surface area contributed by atoms with Crippen molar-refractivity contribution in [1.29, 1.82) is 0 Å². The highest BCUT2D eigenvalue weighted by molar-refractivity contribution is 7.99. The quantitative estimate of drug-likeness (QED) is 0.384. The smallest absolute Gasteiger partial charge is 0.263 e. The van der Waals surface area contributed by atoms with Gasteiger partial charge < -0.3 is 5.32 Å². The first-order valence-corrected chi connectivity index (χ1v) is 11.4. The number of aryl methyl sites for hydroxylation is 2. The minimum absolute atomic E-state index is 0.0567. The third-order valence-corrected chi connectivity index (χ3v) is 6.92. The van der Waals surface area contributed by atoms with Crippen LogP contribution in [0.5, 0.6) is 0 Å². The maximum absolute atomic E-state index is 13.2. The van der Waals surface area contributed by atoms with E-state index >= 15 is 0 Å². The molecule has 0 aliphatic rings. The van der Waals surface area contributed by atoms with Gasteiger partial charge in [0, 0.05) is 11.4 Å². The van der Waals surface area contributed by atoms with Crippen molar-refractivity contribution < 1.29 is 9.18 Å². The molecule has 2 heterocycles. The van der Waals surface area contributed by atoms with Crippen LogP contribution in [0.1, 0.15) is 30.2 Å². The van der Waals surface area contributed by atoms with Crippen molar-refractivity contribution in [1.82, 2.24) is 9.55 Å². The van der Waals surface area contributed by atoms with Gasteiger partial charge in [-0.3, -0.25) is 14.2 Å². The van der Waals surface area contributed by atoms with E-state index in [4.69, 9.17) is 11.6 Å². The minimum Gasteiger partial charge on any atom is -0.324 e. The van der Waals surface area contributed by atoms with Crippen LogP contribution < -0.4 is 10.9 Å². The number of unbranched alkanes of at least 4 members (excludes halogenated alkanes) is 1. The van der Waals surface area contributed by atoms with Crippen molar-refractivity contribution in [3.8, 4) is 0 Å². The summed E-state index contributed by atoms with van der Waals surface area (Å²) >= 11 is 8.65. The number of nitrogens with one attached hydrogen (secondary N) is 1. The number of aromatic nitrogens is 2. The largest absolute Gasteiger partial charge is 0.324 e. The molecule has 5 nitrogen and oxygen atoms in total. The number of amides is 1. The Labute approximate surface area is 181 Å².